The number of carbonyl (C=O) groups excluding carboxylic acids is 1. The Kier molecular flexibility index (Phi) is 4.31. The van der Waals surface area contributed by atoms with Gasteiger partial charge in [-0.15, -0.1) is 0 Å². The Morgan fingerprint density at radius 1 is 1.42 bits per heavy atom. The normalized spacial score (nSPS) is 10.7. The van der Waals surface area contributed by atoms with Gasteiger partial charge in [0.25, 0.3) is 0 Å². The fraction of sp³-hybridized carbons (Fsp3) is 0.385. The van der Waals surface area contributed by atoms with Gasteiger partial charge in [-0.05, 0) is 26.0 Å². The second-order valence-corrected chi connectivity index (χ2v) is 5.08. The van der Waals surface area contributed by atoms with Crippen LogP contribution in [0.2, 0.25) is 0 Å². The zero-order valence-electron chi connectivity index (χ0n) is 10.9. The monoisotopic (exact) mass is 281 g/mol. The van der Waals surface area contributed by atoms with Crippen molar-refractivity contribution in [2.45, 2.75) is 13.8 Å². The number of aromatic nitrogens is 1. The Balaban J connectivity index is 2.03. The summed E-state index contributed by atoms with van der Waals surface area (Å²) in [5.41, 5.74) is 0.614. The average Bonchev–Trinajstić information content (AvgIpc) is 2.79. The first-order chi connectivity index (χ1) is 9.13. The number of anilines is 1. The van der Waals surface area contributed by atoms with Crippen LogP contribution in [0.5, 0.6) is 0 Å². The molecule has 0 aliphatic rings. The highest BCUT2D eigenvalue weighted by molar-refractivity contribution is 7.22. The maximum absolute atomic E-state index is 13.0. The lowest BCUT2D eigenvalue weighted by Crippen LogP contribution is -2.35. The van der Waals surface area contributed by atoms with Gasteiger partial charge in [0.05, 0.1) is 16.8 Å². The van der Waals surface area contributed by atoms with Crippen molar-refractivity contribution in [2.75, 3.05) is 25.0 Å². The molecule has 0 atom stereocenters. The number of fused-ring (bicyclic) bond motifs is 1. The molecule has 1 heterocycles. The maximum Gasteiger partial charge on any atom is 0.241 e. The lowest BCUT2D eigenvalue weighted by molar-refractivity contribution is -0.128. The van der Waals surface area contributed by atoms with Crippen molar-refractivity contribution in [3.63, 3.8) is 0 Å². The fourth-order valence-corrected chi connectivity index (χ4v) is 2.66. The molecule has 0 unspecified atom stereocenters. The van der Waals surface area contributed by atoms with E-state index in [0.29, 0.717) is 23.7 Å². The number of thiazole rings is 1. The molecule has 0 spiro atoms. The summed E-state index contributed by atoms with van der Waals surface area (Å²) in [7, 11) is 0. The first-order valence-corrected chi connectivity index (χ1v) is 7.03. The van der Waals surface area contributed by atoms with Gasteiger partial charge in [-0.25, -0.2) is 9.37 Å². The molecule has 6 heteroatoms. The lowest BCUT2D eigenvalue weighted by Gasteiger charge is -2.18. The maximum atomic E-state index is 13.0. The summed E-state index contributed by atoms with van der Waals surface area (Å²) in [6.07, 6.45) is 0. The standard InChI is InChI=1S/C13H16FN3OS/c1-3-17(4-2)12(18)8-15-13-16-10-7-9(14)5-6-11(10)19-13/h5-7H,3-4,8H2,1-2H3,(H,15,16). The molecule has 19 heavy (non-hydrogen) atoms. The second-order valence-electron chi connectivity index (χ2n) is 4.05. The zero-order chi connectivity index (χ0) is 13.8. The molecule has 0 radical (unpaired) electrons. The molecule has 1 amide bonds. The molecule has 1 aromatic carbocycles. The van der Waals surface area contributed by atoms with Crippen LogP contribution in [-0.2, 0) is 4.79 Å². The minimum absolute atomic E-state index is 0.0374. The molecule has 0 aliphatic heterocycles. The number of nitrogens with zero attached hydrogens (tertiary/aromatic N) is 2. The predicted octanol–water partition coefficient (Wildman–Crippen LogP) is 2.72. The van der Waals surface area contributed by atoms with E-state index in [0.717, 1.165) is 4.70 Å². The highest BCUT2D eigenvalue weighted by atomic mass is 32.1. The number of likely N-dealkylation sites (N-methyl/N-ethyl adjacent to an activating group) is 1. The van der Waals surface area contributed by atoms with Crippen LogP contribution in [0.15, 0.2) is 18.2 Å². The van der Waals surface area contributed by atoms with E-state index in [2.05, 4.69) is 10.3 Å². The van der Waals surface area contributed by atoms with Crippen molar-refractivity contribution in [1.82, 2.24) is 9.88 Å². The summed E-state index contributed by atoms with van der Waals surface area (Å²) in [4.78, 5) is 17.8. The predicted molar refractivity (Wildman–Crippen MR) is 76.0 cm³/mol. The van der Waals surface area contributed by atoms with Crippen molar-refractivity contribution >= 4 is 32.6 Å². The van der Waals surface area contributed by atoms with E-state index >= 15 is 0 Å². The lowest BCUT2D eigenvalue weighted by atomic mass is 10.3. The van der Waals surface area contributed by atoms with Crippen LogP contribution < -0.4 is 5.32 Å². The third-order valence-electron chi connectivity index (χ3n) is 2.86. The van der Waals surface area contributed by atoms with Crippen molar-refractivity contribution in [3.8, 4) is 0 Å². The van der Waals surface area contributed by atoms with Crippen LogP contribution in [0, 0.1) is 5.82 Å². The van der Waals surface area contributed by atoms with Crippen LogP contribution in [0.1, 0.15) is 13.8 Å². The number of halogens is 1. The number of nitrogens with one attached hydrogen (secondary N) is 1. The summed E-state index contributed by atoms with van der Waals surface area (Å²) >= 11 is 1.42. The van der Waals surface area contributed by atoms with E-state index in [4.69, 9.17) is 0 Å². The molecular weight excluding hydrogens is 265 g/mol. The summed E-state index contributed by atoms with van der Waals surface area (Å²) in [6, 6.07) is 4.49. The molecule has 1 N–H and O–H groups in total. The van der Waals surface area contributed by atoms with Gasteiger partial charge in [-0.3, -0.25) is 4.79 Å². The van der Waals surface area contributed by atoms with Crippen molar-refractivity contribution < 1.29 is 9.18 Å². The van der Waals surface area contributed by atoms with E-state index < -0.39 is 0 Å². The van der Waals surface area contributed by atoms with Crippen LogP contribution in [0.25, 0.3) is 10.2 Å². The van der Waals surface area contributed by atoms with Crippen LogP contribution in [0.4, 0.5) is 9.52 Å². The third kappa shape index (κ3) is 3.20. The van der Waals surface area contributed by atoms with E-state index in [1.54, 1.807) is 11.0 Å². The van der Waals surface area contributed by atoms with Gasteiger partial charge >= 0.3 is 0 Å². The second kappa shape index (κ2) is 5.97. The third-order valence-corrected chi connectivity index (χ3v) is 3.85. The highest BCUT2D eigenvalue weighted by Crippen LogP contribution is 2.26. The van der Waals surface area contributed by atoms with Crippen LogP contribution >= 0.6 is 11.3 Å². The van der Waals surface area contributed by atoms with Gasteiger partial charge in [0.1, 0.15) is 5.82 Å². The Labute approximate surface area is 115 Å². The molecular formula is C13H16FN3OS. The summed E-state index contributed by atoms with van der Waals surface area (Å²) in [6.45, 7) is 5.50. The SMILES string of the molecule is CCN(CC)C(=O)CNc1nc2cc(F)ccc2s1. The van der Waals surface area contributed by atoms with E-state index in [9.17, 15) is 9.18 Å². The molecule has 0 saturated carbocycles. The van der Waals surface area contributed by atoms with Gasteiger partial charge in [0.2, 0.25) is 5.91 Å². The van der Waals surface area contributed by atoms with Crippen LogP contribution in [0.3, 0.4) is 0 Å². The van der Waals surface area contributed by atoms with Crippen molar-refractivity contribution in [3.05, 3.63) is 24.0 Å². The molecule has 4 nitrogen and oxygen atoms in total. The number of carbonyl (C=O) groups is 1. The Morgan fingerprint density at radius 3 is 2.84 bits per heavy atom. The smallest absolute Gasteiger partial charge is 0.241 e. The quantitative estimate of drug-likeness (QED) is 0.916. The molecule has 102 valence electrons. The number of hydrogen-bond donors (Lipinski definition) is 1. The number of amides is 1. The van der Waals surface area contributed by atoms with Crippen molar-refractivity contribution in [1.29, 1.82) is 0 Å². The highest BCUT2D eigenvalue weighted by Gasteiger charge is 2.10. The minimum Gasteiger partial charge on any atom is -0.352 e. The first kappa shape index (κ1) is 13.7. The molecule has 0 saturated heterocycles. The van der Waals surface area contributed by atoms with E-state index in [1.807, 2.05) is 13.8 Å². The Bertz CT molecular complexity index is 580. The summed E-state index contributed by atoms with van der Waals surface area (Å²) in [5, 5.41) is 3.64. The molecule has 0 fully saturated rings. The number of benzene rings is 1. The average molecular weight is 281 g/mol. The number of hydrogen-bond acceptors (Lipinski definition) is 4. The van der Waals surface area contributed by atoms with Gasteiger partial charge in [-0.2, -0.15) is 0 Å². The molecule has 0 aliphatic carbocycles. The van der Waals surface area contributed by atoms with E-state index in [1.165, 1.54) is 23.5 Å². The minimum atomic E-state index is -0.302. The summed E-state index contributed by atoms with van der Waals surface area (Å²) < 4.78 is 13.9. The molecule has 1 aromatic heterocycles. The topological polar surface area (TPSA) is 45.2 Å². The van der Waals surface area contributed by atoms with Gasteiger partial charge in [0, 0.05) is 19.2 Å². The van der Waals surface area contributed by atoms with Gasteiger partial charge in [0.15, 0.2) is 5.13 Å². The zero-order valence-corrected chi connectivity index (χ0v) is 11.8. The fourth-order valence-electron chi connectivity index (χ4n) is 1.82. The van der Waals surface area contributed by atoms with Crippen molar-refractivity contribution in [2.24, 2.45) is 0 Å². The largest absolute Gasteiger partial charge is 0.352 e. The van der Waals surface area contributed by atoms with Gasteiger partial charge < -0.3 is 10.2 Å². The number of rotatable bonds is 5. The summed E-state index contributed by atoms with van der Waals surface area (Å²) in [5.74, 6) is -0.265. The molecule has 2 aromatic rings. The van der Waals surface area contributed by atoms with Gasteiger partial charge in [-0.1, -0.05) is 11.3 Å². The molecule has 0 bridgehead atoms. The first-order valence-electron chi connectivity index (χ1n) is 6.21. The van der Waals surface area contributed by atoms with Crippen LogP contribution in [-0.4, -0.2) is 35.4 Å². The van der Waals surface area contributed by atoms with E-state index in [-0.39, 0.29) is 18.3 Å². The molecule has 2 rings (SSSR count). The Hall–Kier alpha value is -1.69. The Morgan fingerprint density at radius 2 is 2.16 bits per heavy atom.